The van der Waals surface area contributed by atoms with Gasteiger partial charge in [-0.05, 0) is 32.8 Å². The lowest BCUT2D eigenvalue weighted by Gasteiger charge is -2.15. The molecule has 0 aliphatic carbocycles. The van der Waals surface area contributed by atoms with E-state index in [-0.39, 0.29) is 12.1 Å². The van der Waals surface area contributed by atoms with Crippen molar-refractivity contribution in [2.45, 2.75) is 32.8 Å². The number of rotatable bonds is 3. The summed E-state index contributed by atoms with van der Waals surface area (Å²) in [5, 5.41) is 10.5. The molecule has 1 aromatic rings. The van der Waals surface area contributed by atoms with Crippen LogP contribution >= 0.6 is 0 Å². The van der Waals surface area contributed by atoms with Gasteiger partial charge in [-0.1, -0.05) is 0 Å². The number of urea groups is 1. The van der Waals surface area contributed by atoms with Gasteiger partial charge in [-0.3, -0.25) is 5.32 Å². The number of nitrogens with one attached hydrogen (secondary N) is 1. The van der Waals surface area contributed by atoms with Crippen LogP contribution in [-0.4, -0.2) is 40.3 Å². The zero-order valence-corrected chi connectivity index (χ0v) is 10.7. The molecule has 0 saturated carbocycles. The highest BCUT2D eigenvalue weighted by atomic mass is 16.5. The van der Waals surface area contributed by atoms with Gasteiger partial charge < -0.3 is 9.64 Å². The van der Waals surface area contributed by atoms with Crippen LogP contribution in [0.1, 0.15) is 26.7 Å². The van der Waals surface area contributed by atoms with E-state index in [9.17, 15) is 4.79 Å². The lowest BCUT2D eigenvalue weighted by Crippen LogP contribution is -2.32. The van der Waals surface area contributed by atoms with Crippen molar-refractivity contribution in [2.75, 3.05) is 18.4 Å². The molecule has 6 nitrogen and oxygen atoms in total. The number of ether oxygens (including phenoxy) is 1. The van der Waals surface area contributed by atoms with E-state index in [0.29, 0.717) is 11.7 Å². The quantitative estimate of drug-likeness (QED) is 0.889. The molecule has 1 N–H and O–H groups in total. The Morgan fingerprint density at radius 2 is 2.06 bits per heavy atom. The number of aromatic nitrogens is 2. The summed E-state index contributed by atoms with van der Waals surface area (Å²) in [5.74, 6) is 0.909. The van der Waals surface area contributed by atoms with E-state index >= 15 is 0 Å². The zero-order valence-electron chi connectivity index (χ0n) is 10.7. The van der Waals surface area contributed by atoms with Gasteiger partial charge in [0.15, 0.2) is 5.82 Å². The van der Waals surface area contributed by atoms with Crippen molar-refractivity contribution in [1.29, 1.82) is 0 Å². The average Bonchev–Trinajstić information content (AvgIpc) is 2.84. The summed E-state index contributed by atoms with van der Waals surface area (Å²) in [7, 11) is 0. The van der Waals surface area contributed by atoms with Crippen LogP contribution in [0.5, 0.6) is 5.88 Å². The molecule has 1 fully saturated rings. The maximum atomic E-state index is 11.8. The van der Waals surface area contributed by atoms with Crippen LogP contribution < -0.4 is 10.1 Å². The minimum Gasteiger partial charge on any atom is -0.474 e. The molecule has 1 aliphatic heterocycles. The van der Waals surface area contributed by atoms with Crippen molar-refractivity contribution in [3.05, 3.63) is 12.1 Å². The maximum absolute atomic E-state index is 11.8. The summed E-state index contributed by atoms with van der Waals surface area (Å²) in [4.78, 5) is 13.6. The third-order valence-electron chi connectivity index (χ3n) is 2.62. The number of nitrogens with zero attached hydrogens (tertiary/aromatic N) is 3. The fourth-order valence-electron chi connectivity index (χ4n) is 1.80. The van der Waals surface area contributed by atoms with Crippen LogP contribution in [0.25, 0.3) is 0 Å². The molecule has 2 heterocycles. The van der Waals surface area contributed by atoms with Crippen LogP contribution in [0.2, 0.25) is 0 Å². The predicted octanol–water partition coefficient (Wildman–Crippen LogP) is 1.89. The molecule has 18 heavy (non-hydrogen) atoms. The summed E-state index contributed by atoms with van der Waals surface area (Å²) in [6.45, 7) is 5.47. The molecule has 0 spiro atoms. The van der Waals surface area contributed by atoms with Gasteiger partial charge in [0.2, 0.25) is 5.88 Å². The summed E-state index contributed by atoms with van der Waals surface area (Å²) in [6.07, 6.45) is 2.20. The summed E-state index contributed by atoms with van der Waals surface area (Å²) in [5.41, 5.74) is 0. The van der Waals surface area contributed by atoms with Crippen LogP contribution in [0, 0.1) is 0 Å². The van der Waals surface area contributed by atoms with Gasteiger partial charge >= 0.3 is 6.03 Å². The van der Waals surface area contributed by atoms with Crippen molar-refractivity contribution in [3.63, 3.8) is 0 Å². The summed E-state index contributed by atoms with van der Waals surface area (Å²) >= 11 is 0. The maximum Gasteiger partial charge on any atom is 0.323 e. The molecule has 1 aromatic heterocycles. The minimum atomic E-state index is -0.112. The van der Waals surface area contributed by atoms with Gasteiger partial charge in [0.05, 0.1) is 6.10 Å². The highest BCUT2D eigenvalue weighted by Gasteiger charge is 2.18. The molecule has 98 valence electrons. The highest BCUT2D eigenvalue weighted by Crippen LogP contribution is 2.12. The number of likely N-dealkylation sites (tertiary alicyclic amines) is 1. The molecule has 0 radical (unpaired) electrons. The van der Waals surface area contributed by atoms with Crippen molar-refractivity contribution in [3.8, 4) is 5.88 Å². The number of carbonyl (C=O) groups excluding carboxylic acids is 1. The fraction of sp³-hybridized carbons (Fsp3) is 0.583. The molecule has 2 rings (SSSR count). The van der Waals surface area contributed by atoms with E-state index in [1.54, 1.807) is 17.0 Å². The fourth-order valence-corrected chi connectivity index (χ4v) is 1.80. The lowest BCUT2D eigenvalue weighted by molar-refractivity contribution is 0.222. The van der Waals surface area contributed by atoms with E-state index < -0.39 is 0 Å². The van der Waals surface area contributed by atoms with Gasteiger partial charge in [0.1, 0.15) is 0 Å². The van der Waals surface area contributed by atoms with Gasteiger partial charge in [-0.2, -0.15) is 0 Å². The van der Waals surface area contributed by atoms with E-state index in [1.165, 1.54) is 0 Å². The molecule has 0 unspecified atom stereocenters. The van der Waals surface area contributed by atoms with Gasteiger partial charge in [0, 0.05) is 19.2 Å². The van der Waals surface area contributed by atoms with Crippen LogP contribution in [0.15, 0.2) is 12.1 Å². The molecule has 2 amide bonds. The number of amides is 2. The van der Waals surface area contributed by atoms with E-state index in [2.05, 4.69) is 15.5 Å². The topological polar surface area (TPSA) is 67.3 Å². The van der Waals surface area contributed by atoms with E-state index in [4.69, 9.17) is 4.74 Å². The number of carbonyl (C=O) groups is 1. The molecule has 1 aliphatic rings. The monoisotopic (exact) mass is 250 g/mol. The summed E-state index contributed by atoms with van der Waals surface area (Å²) < 4.78 is 5.38. The summed E-state index contributed by atoms with van der Waals surface area (Å²) in [6, 6.07) is 3.28. The van der Waals surface area contributed by atoms with Crippen LogP contribution in [0.4, 0.5) is 10.6 Å². The molecular weight excluding hydrogens is 232 g/mol. The average molecular weight is 250 g/mol. The molecule has 0 atom stereocenters. The van der Waals surface area contributed by atoms with E-state index in [1.807, 2.05) is 13.8 Å². The Morgan fingerprint density at radius 3 is 2.61 bits per heavy atom. The van der Waals surface area contributed by atoms with Gasteiger partial charge in [-0.15, -0.1) is 10.2 Å². The first-order chi connectivity index (χ1) is 8.65. The van der Waals surface area contributed by atoms with E-state index in [0.717, 1.165) is 25.9 Å². The predicted molar refractivity (Wildman–Crippen MR) is 67.6 cm³/mol. The Morgan fingerprint density at radius 1 is 1.33 bits per heavy atom. The normalized spacial score (nSPS) is 14.9. The molecule has 0 bridgehead atoms. The van der Waals surface area contributed by atoms with Gasteiger partial charge in [0.25, 0.3) is 0 Å². The zero-order chi connectivity index (χ0) is 13.0. The van der Waals surface area contributed by atoms with Crippen molar-refractivity contribution in [2.24, 2.45) is 0 Å². The van der Waals surface area contributed by atoms with Crippen molar-refractivity contribution in [1.82, 2.24) is 15.1 Å². The molecule has 1 saturated heterocycles. The molecular formula is C12H18N4O2. The number of hydrogen-bond donors (Lipinski definition) is 1. The first-order valence-corrected chi connectivity index (χ1v) is 6.21. The van der Waals surface area contributed by atoms with Crippen molar-refractivity contribution < 1.29 is 9.53 Å². The third-order valence-corrected chi connectivity index (χ3v) is 2.62. The first kappa shape index (κ1) is 12.6. The molecule has 0 aromatic carbocycles. The van der Waals surface area contributed by atoms with Crippen molar-refractivity contribution >= 4 is 11.8 Å². The second kappa shape index (κ2) is 5.66. The standard InChI is InChI=1S/C12H18N4O2/c1-9(2)18-11-6-5-10(14-15-11)13-12(17)16-7-3-4-8-16/h5-6,9H,3-4,7-8H2,1-2H3,(H,13,14,17). The Kier molecular flexibility index (Phi) is 3.96. The Hall–Kier alpha value is -1.85. The van der Waals surface area contributed by atoms with Gasteiger partial charge in [-0.25, -0.2) is 4.79 Å². The highest BCUT2D eigenvalue weighted by molar-refractivity contribution is 5.88. The Balaban J connectivity index is 1.91. The lowest BCUT2D eigenvalue weighted by atomic mass is 10.4. The Labute approximate surface area is 106 Å². The third kappa shape index (κ3) is 3.32. The number of anilines is 1. The largest absolute Gasteiger partial charge is 0.474 e. The minimum absolute atomic E-state index is 0.0596. The second-order valence-electron chi connectivity index (χ2n) is 4.55. The Bertz CT molecular complexity index is 399. The SMILES string of the molecule is CC(C)Oc1ccc(NC(=O)N2CCCC2)nn1. The van der Waals surface area contributed by atoms with Crippen LogP contribution in [-0.2, 0) is 0 Å². The second-order valence-corrected chi connectivity index (χ2v) is 4.55. The smallest absolute Gasteiger partial charge is 0.323 e. The number of hydrogen-bond acceptors (Lipinski definition) is 4. The molecule has 6 heteroatoms. The van der Waals surface area contributed by atoms with Crippen LogP contribution in [0.3, 0.4) is 0 Å². The first-order valence-electron chi connectivity index (χ1n) is 6.21.